The Morgan fingerprint density at radius 3 is 2.89 bits per heavy atom. The van der Waals surface area contributed by atoms with Crippen molar-refractivity contribution in [2.24, 2.45) is 16.3 Å². The highest BCUT2D eigenvalue weighted by molar-refractivity contribution is 5.69. The Labute approximate surface area is 108 Å². The number of phenols is 1. The zero-order valence-electron chi connectivity index (χ0n) is 10.2. The average molecular weight is 267 g/mol. The van der Waals surface area contributed by atoms with Crippen molar-refractivity contribution in [3.8, 4) is 11.5 Å². The molecular weight excluding hydrogens is 254 g/mol. The molecule has 1 aromatic carbocycles. The summed E-state index contributed by atoms with van der Waals surface area (Å²) in [5, 5.41) is 26.8. The number of aromatic hydroxyl groups is 1. The van der Waals surface area contributed by atoms with Gasteiger partial charge in [0.25, 0.3) is 0 Å². The largest absolute Gasteiger partial charge is 0.500 e. The molecule has 0 saturated heterocycles. The highest BCUT2D eigenvalue weighted by Crippen LogP contribution is 2.38. The molecule has 19 heavy (non-hydrogen) atoms. The van der Waals surface area contributed by atoms with Gasteiger partial charge in [0.2, 0.25) is 5.75 Å². The molecule has 102 valence electrons. The highest BCUT2D eigenvalue weighted by Gasteiger charge is 2.21. The summed E-state index contributed by atoms with van der Waals surface area (Å²) >= 11 is 0. The molecule has 4 N–H and O–H groups in total. The summed E-state index contributed by atoms with van der Waals surface area (Å²) in [6.45, 7) is 5.55. The minimum Gasteiger partial charge on any atom is -0.500 e. The van der Waals surface area contributed by atoms with Crippen LogP contribution >= 0.6 is 0 Å². The summed E-state index contributed by atoms with van der Waals surface area (Å²) in [7, 11) is 0. The molecule has 0 spiro atoms. The Morgan fingerprint density at radius 1 is 1.68 bits per heavy atom. The summed E-state index contributed by atoms with van der Waals surface area (Å²) in [5.74, 6) is 4.26. The van der Waals surface area contributed by atoms with E-state index in [1.165, 1.54) is 6.07 Å². The summed E-state index contributed by atoms with van der Waals surface area (Å²) in [5.41, 5.74) is 2.43. The lowest BCUT2D eigenvalue weighted by atomic mass is 10.1. The molecule has 0 saturated carbocycles. The van der Waals surface area contributed by atoms with Gasteiger partial charge in [0, 0.05) is 11.6 Å². The third-order valence-corrected chi connectivity index (χ3v) is 2.14. The minimum absolute atomic E-state index is 0.0145. The number of benzene rings is 1. The average Bonchev–Trinajstić information content (AvgIpc) is 2.38. The fourth-order valence-corrected chi connectivity index (χ4v) is 1.33. The molecule has 0 aliphatic heterocycles. The predicted octanol–water partition coefficient (Wildman–Crippen LogP) is 1.50. The second-order valence-electron chi connectivity index (χ2n) is 3.34. The number of nitro groups is 1. The summed E-state index contributed by atoms with van der Waals surface area (Å²) in [6.07, 6.45) is 0. The topological polar surface area (TPSA) is 135 Å². The molecule has 0 amide bonds. The van der Waals surface area contributed by atoms with Crippen molar-refractivity contribution < 1.29 is 14.8 Å². The second kappa shape index (κ2) is 6.19. The van der Waals surface area contributed by atoms with Crippen LogP contribution in [0.3, 0.4) is 0 Å². The second-order valence-corrected chi connectivity index (χ2v) is 3.34. The van der Waals surface area contributed by atoms with E-state index in [0.29, 0.717) is 5.56 Å². The Morgan fingerprint density at radius 2 is 2.37 bits per heavy atom. The van der Waals surface area contributed by atoms with Crippen molar-refractivity contribution in [1.82, 2.24) is 5.43 Å². The van der Waals surface area contributed by atoms with E-state index < -0.39 is 16.4 Å². The molecule has 0 aliphatic carbocycles. The molecular formula is C10H13N5O4. The van der Waals surface area contributed by atoms with Gasteiger partial charge in [-0.25, -0.2) is 0 Å². The van der Waals surface area contributed by atoms with Gasteiger partial charge in [-0.3, -0.25) is 15.5 Å². The van der Waals surface area contributed by atoms with Crippen LogP contribution in [0, 0.1) is 10.1 Å². The van der Waals surface area contributed by atoms with E-state index in [0.717, 1.165) is 6.07 Å². The number of hydrogen-bond acceptors (Lipinski definition) is 6. The number of ether oxygens (including phenoxy) is 1. The van der Waals surface area contributed by atoms with Crippen molar-refractivity contribution in [2.45, 2.75) is 6.92 Å². The zero-order chi connectivity index (χ0) is 14.4. The van der Waals surface area contributed by atoms with Crippen LogP contribution in [-0.2, 0) is 0 Å². The lowest BCUT2D eigenvalue weighted by Gasteiger charge is -2.10. The molecule has 9 heteroatoms. The maximum Gasteiger partial charge on any atom is 0.315 e. The van der Waals surface area contributed by atoms with Crippen LogP contribution in [0.2, 0.25) is 0 Å². The molecule has 0 aliphatic rings. The number of rotatable bonds is 6. The first-order valence-corrected chi connectivity index (χ1v) is 5.20. The van der Waals surface area contributed by atoms with E-state index in [-0.39, 0.29) is 18.1 Å². The minimum atomic E-state index is -0.723. The first-order valence-electron chi connectivity index (χ1n) is 5.20. The van der Waals surface area contributed by atoms with E-state index in [2.05, 4.69) is 22.5 Å². The van der Waals surface area contributed by atoms with Gasteiger partial charge in [-0.15, -0.1) is 0 Å². The summed E-state index contributed by atoms with van der Waals surface area (Å²) in [6, 6.07) is 2.53. The van der Waals surface area contributed by atoms with Crippen LogP contribution in [0.15, 0.2) is 29.2 Å². The SMILES string of the molecule is C=C(N/N=N\N)c1cc(OCC)c(O)c([N+](=O)[O-])c1. The summed E-state index contributed by atoms with van der Waals surface area (Å²) in [4.78, 5) is 10.1. The van der Waals surface area contributed by atoms with Gasteiger partial charge in [0.15, 0.2) is 5.75 Å². The molecule has 0 heterocycles. The van der Waals surface area contributed by atoms with Crippen LogP contribution in [0.25, 0.3) is 5.70 Å². The van der Waals surface area contributed by atoms with E-state index in [1.807, 2.05) is 0 Å². The molecule has 9 nitrogen and oxygen atoms in total. The van der Waals surface area contributed by atoms with Crippen molar-refractivity contribution in [2.75, 3.05) is 6.61 Å². The van der Waals surface area contributed by atoms with Crippen molar-refractivity contribution >= 4 is 11.4 Å². The fraction of sp³-hybridized carbons (Fsp3) is 0.200. The van der Waals surface area contributed by atoms with E-state index >= 15 is 0 Å². The van der Waals surface area contributed by atoms with Crippen molar-refractivity contribution in [1.29, 1.82) is 0 Å². The molecule has 0 atom stereocenters. The van der Waals surface area contributed by atoms with Crippen LogP contribution < -0.4 is 16.0 Å². The van der Waals surface area contributed by atoms with Crippen LogP contribution in [0.4, 0.5) is 5.69 Å². The maximum atomic E-state index is 10.8. The third-order valence-electron chi connectivity index (χ3n) is 2.14. The molecule has 0 radical (unpaired) electrons. The fourth-order valence-electron chi connectivity index (χ4n) is 1.33. The molecule has 1 rings (SSSR count). The predicted molar refractivity (Wildman–Crippen MR) is 67.1 cm³/mol. The lowest BCUT2D eigenvalue weighted by Crippen LogP contribution is -2.04. The lowest BCUT2D eigenvalue weighted by molar-refractivity contribution is -0.386. The molecule has 0 fully saturated rings. The van der Waals surface area contributed by atoms with Crippen LogP contribution in [-0.4, -0.2) is 16.6 Å². The molecule has 0 unspecified atom stereocenters. The maximum absolute atomic E-state index is 10.8. The number of nitrogens with two attached hydrogens (primary N) is 1. The Bertz CT molecular complexity index is 529. The smallest absolute Gasteiger partial charge is 0.315 e. The highest BCUT2D eigenvalue weighted by atomic mass is 16.6. The van der Waals surface area contributed by atoms with Gasteiger partial charge in [-0.05, 0) is 13.0 Å². The Hall–Kier alpha value is -2.84. The molecule has 0 aromatic heterocycles. The third kappa shape index (κ3) is 3.31. The quantitative estimate of drug-likeness (QED) is 0.309. The van der Waals surface area contributed by atoms with Crippen molar-refractivity contribution in [3.05, 3.63) is 34.4 Å². The van der Waals surface area contributed by atoms with Gasteiger partial charge in [-0.1, -0.05) is 17.0 Å². The van der Waals surface area contributed by atoms with Crippen LogP contribution in [0.5, 0.6) is 11.5 Å². The number of nitro benzene ring substituents is 1. The van der Waals surface area contributed by atoms with Gasteiger partial charge in [0.1, 0.15) is 0 Å². The number of hydrogen-bond donors (Lipinski definition) is 3. The zero-order valence-corrected chi connectivity index (χ0v) is 10.2. The summed E-state index contributed by atoms with van der Waals surface area (Å²) < 4.78 is 5.12. The Balaban J connectivity index is 3.25. The van der Waals surface area contributed by atoms with Gasteiger partial charge in [-0.2, -0.15) is 0 Å². The van der Waals surface area contributed by atoms with Gasteiger partial charge >= 0.3 is 5.69 Å². The van der Waals surface area contributed by atoms with E-state index in [9.17, 15) is 15.2 Å². The monoisotopic (exact) mass is 267 g/mol. The molecule has 1 aromatic rings. The number of phenolic OH excluding ortho intramolecular Hbond substituents is 1. The normalized spacial score (nSPS) is 10.4. The van der Waals surface area contributed by atoms with Gasteiger partial charge in [0.05, 0.1) is 17.2 Å². The van der Waals surface area contributed by atoms with E-state index in [1.54, 1.807) is 6.92 Å². The first kappa shape index (κ1) is 14.2. The first-order chi connectivity index (χ1) is 9.01. The van der Waals surface area contributed by atoms with Crippen LogP contribution in [0.1, 0.15) is 12.5 Å². The van der Waals surface area contributed by atoms with Crippen molar-refractivity contribution in [3.63, 3.8) is 0 Å². The molecule has 0 bridgehead atoms. The standard InChI is InChI=1S/C10H13N5O4/c1-3-19-9-5-7(6(2)12-14-13-11)4-8(10(9)16)15(17)18/h4-5,16H,2-3H2,1H3,(H2,11,14)(H,12,13). The number of nitrogens with zero attached hydrogens (tertiary/aromatic N) is 3. The Kier molecular flexibility index (Phi) is 4.63. The van der Waals surface area contributed by atoms with E-state index in [4.69, 9.17) is 10.6 Å². The van der Waals surface area contributed by atoms with Gasteiger partial charge < -0.3 is 15.7 Å². The number of nitrogens with one attached hydrogen (secondary N) is 1.